The van der Waals surface area contributed by atoms with Gasteiger partial charge in [0.2, 0.25) is 10.0 Å². The number of aliphatic hydroxyl groups excluding tert-OH is 1. The van der Waals surface area contributed by atoms with E-state index in [1.807, 2.05) is 0 Å². The minimum atomic E-state index is -3.60. The van der Waals surface area contributed by atoms with Crippen LogP contribution in [0.5, 0.6) is 0 Å². The summed E-state index contributed by atoms with van der Waals surface area (Å²) in [6.07, 6.45) is 1.29. The molecule has 0 aliphatic carbocycles. The molecule has 4 nitrogen and oxygen atoms in total. The lowest BCUT2D eigenvalue weighted by atomic mass is 10.00. The molecule has 106 valence electrons. The van der Waals surface area contributed by atoms with Crippen molar-refractivity contribution in [3.63, 3.8) is 0 Å². The normalized spacial score (nSPS) is 18.7. The number of halogens is 2. The monoisotopic (exact) mass is 351 g/mol. The summed E-state index contributed by atoms with van der Waals surface area (Å²) >= 11 is 3.09. The third kappa shape index (κ3) is 3.16. The summed E-state index contributed by atoms with van der Waals surface area (Å²) in [5.41, 5.74) is 0. The maximum absolute atomic E-state index is 13.0. The Labute approximate surface area is 120 Å². The molecule has 1 aliphatic rings. The van der Waals surface area contributed by atoms with Crippen molar-refractivity contribution in [2.75, 3.05) is 19.7 Å². The minimum Gasteiger partial charge on any atom is -0.396 e. The van der Waals surface area contributed by atoms with Crippen molar-refractivity contribution in [3.05, 3.63) is 28.5 Å². The Morgan fingerprint density at radius 1 is 1.37 bits per heavy atom. The summed E-state index contributed by atoms with van der Waals surface area (Å²) < 4.78 is 39.5. The molecular formula is C12H15BrFNO3S. The first-order chi connectivity index (χ1) is 8.95. The molecule has 1 aromatic rings. The Hall–Kier alpha value is -0.500. The van der Waals surface area contributed by atoms with Crippen LogP contribution in [0.2, 0.25) is 0 Å². The fourth-order valence-electron chi connectivity index (χ4n) is 2.16. The SMILES string of the molecule is O=S(=O)(c1ccc(F)cc1Br)N1CCC(CO)CC1. The van der Waals surface area contributed by atoms with Crippen molar-refractivity contribution in [1.82, 2.24) is 4.31 Å². The molecule has 1 aliphatic heterocycles. The maximum Gasteiger partial charge on any atom is 0.244 e. The molecule has 1 aromatic carbocycles. The van der Waals surface area contributed by atoms with E-state index in [4.69, 9.17) is 5.11 Å². The van der Waals surface area contributed by atoms with Crippen molar-refractivity contribution in [2.24, 2.45) is 5.92 Å². The molecule has 1 fully saturated rings. The Kier molecular flexibility index (Phi) is 4.60. The third-order valence-corrected chi connectivity index (χ3v) is 6.22. The lowest BCUT2D eigenvalue weighted by Crippen LogP contribution is -2.39. The van der Waals surface area contributed by atoms with Gasteiger partial charge in [0.25, 0.3) is 0 Å². The number of aliphatic hydroxyl groups is 1. The molecule has 0 unspecified atom stereocenters. The highest BCUT2D eigenvalue weighted by Crippen LogP contribution is 2.28. The standard InChI is InChI=1S/C12H15BrFNO3S/c13-11-7-10(14)1-2-12(11)19(17,18)15-5-3-9(8-16)4-6-15/h1-2,7,9,16H,3-6,8H2. The largest absolute Gasteiger partial charge is 0.396 e. The average molecular weight is 352 g/mol. The molecule has 0 amide bonds. The van der Waals surface area contributed by atoms with Crippen molar-refractivity contribution in [2.45, 2.75) is 17.7 Å². The van der Waals surface area contributed by atoms with Crippen molar-refractivity contribution in [3.8, 4) is 0 Å². The van der Waals surface area contributed by atoms with E-state index in [-0.39, 0.29) is 21.9 Å². The third-order valence-electron chi connectivity index (χ3n) is 3.34. The summed E-state index contributed by atoms with van der Waals surface area (Å²) in [5, 5.41) is 9.05. The molecule has 1 saturated heterocycles. The van der Waals surface area contributed by atoms with Gasteiger partial charge >= 0.3 is 0 Å². The second kappa shape index (κ2) is 5.87. The Morgan fingerprint density at radius 3 is 2.53 bits per heavy atom. The number of piperidine rings is 1. The fourth-order valence-corrected chi connectivity index (χ4v) is 4.64. The zero-order valence-corrected chi connectivity index (χ0v) is 12.6. The smallest absolute Gasteiger partial charge is 0.244 e. The van der Waals surface area contributed by atoms with Crippen molar-refractivity contribution < 1.29 is 17.9 Å². The molecular weight excluding hydrogens is 337 g/mol. The molecule has 1 heterocycles. The summed E-state index contributed by atoms with van der Waals surface area (Å²) in [6, 6.07) is 3.55. The van der Waals surface area contributed by atoms with Gasteiger partial charge in [-0.25, -0.2) is 12.8 Å². The van der Waals surface area contributed by atoms with E-state index in [0.717, 1.165) is 12.1 Å². The van der Waals surface area contributed by atoms with Gasteiger partial charge in [-0.1, -0.05) is 0 Å². The Morgan fingerprint density at radius 2 is 2.00 bits per heavy atom. The molecule has 19 heavy (non-hydrogen) atoms. The first-order valence-corrected chi connectivity index (χ1v) is 8.24. The predicted octanol–water partition coefficient (Wildman–Crippen LogP) is 1.98. The van der Waals surface area contributed by atoms with E-state index in [1.54, 1.807) is 0 Å². The van der Waals surface area contributed by atoms with Crippen LogP contribution in [0.25, 0.3) is 0 Å². The highest BCUT2D eigenvalue weighted by Gasteiger charge is 2.30. The number of rotatable bonds is 3. The van der Waals surface area contributed by atoms with E-state index in [9.17, 15) is 12.8 Å². The van der Waals surface area contributed by atoms with E-state index in [1.165, 1.54) is 10.4 Å². The molecule has 0 spiro atoms. The van der Waals surface area contributed by atoms with Crippen LogP contribution in [0, 0.1) is 11.7 Å². The van der Waals surface area contributed by atoms with Crippen molar-refractivity contribution in [1.29, 1.82) is 0 Å². The van der Waals surface area contributed by atoms with Gasteiger partial charge in [-0.15, -0.1) is 0 Å². The lowest BCUT2D eigenvalue weighted by Gasteiger charge is -2.30. The minimum absolute atomic E-state index is 0.0800. The summed E-state index contributed by atoms with van der Waals surface area (Å²) in [7, 11) is -3.60. The second-order valence-corrected chi connectivity index (χ2v) is 7.37. The summed E-state index contributed by atoms with van der Waals surface area (Å²) in [5.74, 6) is -0.312. The molecule has 7 heteroatoms. The highest BCUT2D eigenvalue weighted by molar-refractivity contribution is 9.10. The number of sulfonamides is 1. The van der Waals surface area contributed by atoms with E-state index in [2.05, 4.69) is 15.9 Å². The Bertz CT molecular complexity index is 556. The van der Waals surface area contributed by atoms with Crippen LogP contribution in [-0.4, -0.2) is 37.5 Å². The van der Waals surface area contributed by atoms with Crippen LogP contribution in [-0.2, 0) is 10.0 Å². The first kappa shape index (κ1) is 14.9. The number of hydrogen-bond acceptors (Lipinski definition) is 3. The van der Waals surface area contributed by atoms with Gasteiger partial charge < -0.3 is 5.11 Å². The molecule has 2 rings (SSSR count). The van der Waals surface area contributed by atoms with Crippen LogP contribution in [0.4, 0.5) is 4.39 Å². The van der Waals surface area contributed by atoms with Gasteiger partial charge in [-0.05, 0) is 52.9 Å². The van der Waals surface area contributed by atoms with E-state index < -0.39 is 15.8 Å². The van der Waals surface area contributed by atoms with Crippen LogP contribution in [0.15, 0.2) is 27.6 Å². The Balaban J connectivity index is 2.23. The lowest BCUT2D eigenvalue weighted by molar-refractivity contribution is 0.170. The quantitative estimate of drug-likeness (QED) is 0.905. The molecule has 0 radical (unpaired) electrons. The van der Waals surface area contributed by atoms with Gasteiger partial charge in [-0.3, -0.25) is 0 Å². The van der Waals surface area contributed by atoms with Crippen LogP contribution < -0.4 is 0 Å². The number of nitrogens with zero attached hydrogens (tertiary/aromatic N) is 1. The molecule has 0 bridgehead atoms. The van der Waals surface area contributed by atoms with Gasteiger partial charge in [0.05, 0.1) is 4.90 Å². The second-order valence-electron chi connectivity index (χ2n) is 4.60. The van der Waals surface area contributed by atoms with Crippen molar-refractivity contribution >= 4 is 26.0 Å². The summed E-state index contributed by atoms with van der Waals surface area (Å²) in [4.78, 5) is 0.0800. The fraction of sp³-hybridized carbons (Fsp3) is 0.500. The van der Waals surface area contributed by atoms with Gasteiger partial charge in [0, 0.05) is 24.2 Å². The average Bonchev–Trinajstić information content (AvgIpc) is 2.38. The summed E-state index contributed by atoms with van der Waals surface area (Å²) in [6.45, 7) is 0.864. The zero-order chi connectivity index (χ0) is 14.0. The van der Waals surface area contributed by atoms with Gasteiger partial charge in [-0.2, -0.15) is 4.31 Å². The molecule has 1 N–H and O–H groups in total. The zero-order valence-electron chi connectivity index (χ0n) is 10.2. The van der Waals surface area contributed by atoms with Crippen LogP contribution in [0.3, 0.4) is 0 Å². The first-order valence-electron chi connectivity index (χ1n) is 6.01. The molecule has 0 saturated carbocycles. The highest BCUT2D eigenvalue weighted by atomic mass is 79.9. The molecule has 0 atom stereocenters. The van der Waals surface area contributed by atoms with E-state index >= 15 is 0 Å². The maximum atomic E-state index is 13.0. The van der Waals surface area contributed by atoms with Crippen LogP contribution in [0.1, 0.15) is 12.8 Å². The number of benzene rings is 1. The topological polar surface area (TPSA) is 57.6 Å². The van der Waals surface area contributed by atoms with Crippen LogP contribution >= 0.6 is 15.9 Å². The van der Waals surface area contributed by atoms with E-state index in [0.29, 0.717) is 25.9 Å². The predicted molar refractivity (Wildman–Crippen MR) is 72.7 cm³/mol. The van der Waals surface area contributed by atoms with Gasteiger partial charge in [0.1, 0.15) is 5.82 Å². The molecule has 0 aromatic heterocycles. The number of hydrogen-bond donors (Lipinski definition) is 1. The van der Waals surface area contributed by atoms with Gasteiger partial charge in [0.15, 0.2) is 0 Å².